The Bertz CT molecular complexity index is 1340. The van der Waals surface area contributed by atoms with E-state index in [0.717, 1.165) is 4.88 Å². The number of nitrogen functional groups attached to an aromatic ring is 1. The van der Waals surface area contributed by atoms with Crippen molar-refractivity contribution < 1.29 is 13.2 Å². The molecule has 162 valence electrons. The van der Waals surface area contributed by atoms with Crippen LogP contribution < -0.4 is 16.2 Å². The summed E-state index contributed by atoms with van der Waals surface area (Å²) in [7, 11) is -3.81. The first-order chi connectivity index (χ1) is 15.2. The normalized spacial score (nSPS) is 10.8. The maximum Gasteiger partial charge on any atom is 0.238 e. The van der Waals surface area contributed by atoms with E-state index >= 15 is 0 Å². The summed E-state index contributed by atoms with van der Waals surface area (Å²) in [6.45, 7) is 0. The van der Waals surface area contributed by atoms with Crippen LogP contribution in [0.2, 0.25) is 0 Å². The average Bonchev–Trinajstić information content (AvgIpc) is 3.27. The SMILES string of the molecule is N#Cc1c(N)nc(SCCC(=O)Nc2ccc(S(N)(=O)=O)cc2)c(C#N)c1-c1cccs1. The predicted octanol–water partition coefficient (Wildman–Crippen LogP) is 2.90. The molecular weight excluding hydrogens is 468 g/mol. The number of primary sulfonamides is 1. The molecule has 1 aromatic carbocycles. The fraction of sp³-hybridized carbons (Fsp3) is 0.100. The summed E-state index contributed by atoms with van der Waals surface area (Å²) in [6.07, 6.45) is 0.0996. The summed E-state index contributed by atoms with van der Waals surface area (Å²) in [5.74, 6) is 0.0223. The lowest BCUT2D eigenvalue weighted by Crippen LogP contribution is -2.14. The summed E-state index contributed by atoms with van der Waals surface area (Å²) in [4.78, 5) is 17.1. The number of amides is 1. The third kappa shape index (κ3) is 5.25. The Hall–Kier alpha value is -3.42. The van der Waals surface area contributed by atoms with Crippen molar-refractivity contribution in [3.8, 4) is 22.6 Å². The average molecular weight is 485 g/mol. The van der Waals surface area contributed by atoms with Gasteiger partial charge in [-0.2, -0.15) is 10.5 Å². The molecule has 0 fully saturated rings. The van der Waals surface area contributed by atoms with E-state index in [4.69, 9.17) is 10.9 Å². The van der Waals surface area contributed by atoms with Crippen LogP contribution in [-0.4, -0.2) is 25.1 Å². The summed E-state index contributed by atoms with van der Waals surface area (Å²) in [6, 6.07) is 13.2. The molecule has 2 aromatic heterocycles. The molecule has 3 rings (SSSR count). The first-order valence-electron chi connectivity index (χ1n) is 8.97. The highest BCUT2D eigenvalue weighted by atomic mass is 32.2. The van der Waals surface area contributed by atoms with Crippen LogP contribution in [-0.2, 0) is 14.8 Å². The molecule has 0 aliphatic heterocycles. The summed E-state index contributed by atoms with van der Waals surface area (Å²) in [5, 5.41) is 29.1. The predicted molar refractivity (Wildman–Crippen MR) is 123 cm³/mol. The van der Waals surface area contributed by atoms with E-state index in [1.54, 1.807) is 6.07 Å². The van der Waals surface area contributed by atoms with Crippen molar-refractivity contribution in [2.75, 3.05) is 16.8 Å². The van der Waals surface area contributed by atoms with Gasteiger partial charge in [0.1, 0.15) is 28.5 Å². The Balaban J connectivity index is 1.72. The summed E-state index contributed by atoms with van der Waals surface area (Å²) < 4.78 is 22.6. The highest BCUT2D eigenvalue weighted by Crippen LogP contribution is 2.37. The van der Waals surface area contributed by atoms with Crippen LogP contribution in [0.15, 0.2) is 51.7 Å². The van der Waals surface area contributed by atoms with E-state index in [9.17, 15) is 23.7 Å². The third-order valence-electron chi connectivity index (χ3n) is 4.22. The number of hydrogen-bond donors (Lipinski definition) is 3. The molecule has 5 N–H and O–H groups in total. The monoisotopic (exact) mass is 484 g/mol. The van der Waals surface area contributed by atoms with Gasteiger partial charge in [-0.3, -0.25) is 4.79 Å². The lowest BCUT2D eigenvalue weighted by atomic mass is 10.0. The molecule has 0 unspecified atom stereocenters. The highest BCUT2D eigenvalue weighted by molar-refractivity contribution is 7.99. The molecule has 0 spiro atoms. The fourth-order valence-corrected chi connectivity index (χ4v) is 5.00. The van der Waals surface area contributed by atoms with Crippen molar-refractivity contribution in [3.63, 3.8) is 0 Å². The van der Waals surface area contributed by atoms with Gasteiger partial charge in [0.25, 0.3) is 0 Å². The molecule has 2 heterocycles. The first kappa shape index (κ1) is 23.2. The minimum absolute atomic E-state index is 0.0248. The van der Waals surface area contributed by atoms with Crippen molar-refractivity contribution >= 4 is 50.5 Å². The molecule has 0 atom stereocenters. The summed E-state index contributed by atoms with van der Waals surface area (Å²) in [5.41, 5.74) is 7.21. The van der Waals surface area contributed by atoms with Gasteiger partial charge >= 0.3 is 0 Å². The van der Waals surface area contributed by atoms with E-state index in [0.29, 0.717) is 22.0 Å². The molecule has 0 bridgehead atoms. The van der Waals surface area contributed by atoms with Crippen LogP contribution in [0.3, 0.4) is 0 Å². The number of benzene rings is 1. The van der Waals surface area contributed by atoms with E-state index in [2.05, 4.69) is 16.4 Å². The topological polar surface area (TPSA) is 176 Å². The van der Waals surface area contributed by atoms with E-state index < -0.39 is 10.0 Å². The number of carbonyl (C=O) groups excluding carboxylic acids is 1. The Morgan fingerprint density at radius 3 is 2.41 bits per heavy atom. The van der Waals surface area contributed by atoms with Crippen LogP contribution in [0.4, 0.5) is 11.5 Å². The van der Waals surface area contributed by atoms with Gasteiger partial charge in [0, 0.05) is 28.3 Å². The molecule has 0 aliphatic carbocycles. The number of rotatable bonds is 7. The van der Waals surface area contributed by atoms with Crippen molar-refractivity contribution in [1.82, 2.24) is 4.98 Å². The molecule has 3 aromatic rings. The zero-order valence-corrected chi connectivity index (χ0v) is 18.9. The Kier molecular flexibility index (Phi) is 7.12. The molecule has 0 saturated heterocycles. The second kappa shape index (κ2) is 9.80. The molecular formula is C20H16N6O3S3. The zero-order chi connectivity index (χ0) is 23.3. The second-order valence-electron chi connectivity index (χ2n) is 6.34. The molecule has 0 aliphatic rings. The van der Waals surface area contributed by atoms with Gasteiger partial charge in [0.05, 0.1) is 10.5 Å². The largest absolute Gasteiger partial charge is 0.383 e. The van der Waals surface area contributed by atoms with Crippen LogP contribution in [0.1, 0.15) is 17.5 Å². The number of aromatic nitrogens is 1. The number of nitrogens with zero attached hydrogens (tertiary/aromatic N) is 3. The highest BCUT2D eigenvalue weighted by Gasteiger charge is 2.21. The summed E-state index contributed by atoms with van der Waals surface area (Å²) >= 11 is 2.57. The second-order valence-corrected chi connectivity index (χ2v) is 9.94. The molecule has 0 radical (unpaired) electrons. The van der Waals surface area contributed by atoms with Crippen LogP contribution in [0, 0.1) is 22.7 Å². The molecule has 32 heavy (non-hydrogen) atoms. The number of sulfonamides is 1. The van der Waals surface area contributed by atoms with Gasteiger partial charge in [-0.1, -0.05) is 6.07 Å². The Labute approximate surface area is 192 Å². The molecule has 12 heteroatoms. The number of thiophene rings is 1. The van der Waals surface area contributed by atoms with Gasteiger partial charge in [-0.15, -0.1) is 23.1 Å². The quantitative estimate of drug-likeness (QED) is 0.429. The van der Waals surface area contributed by atoms with Crippen molar-refractivity contribution in [2.45, 2.75) is 16.3 Å². The van der Waals surface area contributed by atoms with Crippen molar-refractivity contribution in [1.29, 1.82) is 10.5 Å². The van der Waals surface area contributed by atoms with Gasteiger partial charge < -0.3 is 11.1 Å². The first-order valence-corrected chi connectivity index (χ1v) is 12.4. The lowest BCUT2D eigenvalue weighted by Gasteiger charge is -2.11. The van der Waals surface area contributed by atoms with Crippen molar-refractivity contribution in [3.05, 3.63) is 52.9 Å². The minimum atomic E-state index is -3.81. The third-order valence-corrected chi connectivity index (χ3v) is 7.01. The number of thioether (sulfide) groups is 1. The molecule has 0 saturated carbocycles. The minimum Gasteiger partial charge on any atom is -0.383 e. The number of pyridine rings is 1. The van der Waals surface area contributed by atoms with Gasteiger partial charge in [-0.05, 0) is 35.7 Å². The molecule has 1 amide bonds. The smallest absolute Gasteiger partial charge is 0.238 e. The van der Waals surface area contributed by atoms with Crippen LogP contribution >= 0.6 is 23.1 Å². The van der Waals surface area contributed by atoms with E-state index in [1.807, 2.05) is 17.5 Å². The van der Waals surface area contributed by atoms with Crippen LogP contribution in [0.5, 0.6) is 0 Å². The number of nitrogens with one attached hydrogen (secondary N) is 1. The Morgan fingerprint density at radius 1 is 1.16 bits per heavy atom. The van der Waals surface area contributed by atoms with Gasteiger partial charge in [0.2, 0.25) is 15.9 Å². The fourth-order valence-electron chi connectivity index (χ4n) is 2.76. The van der Waals surface area contributed by atoms with E-state index in [1.165, 1.54) is 47.4 Å². The maximum absolute atomic E-state index is 12.2. The number of anilines is 2. The lowest BCUT2D eigenvalue weighted by molar-refractivity contribution is -0.115. The van der Waals surface area contributed by atoms with Crippen molar-refractivity contribution in [2.24, 2.45) is 5.14 Å². The number of carbonyl (C=O) groups is 1. The van der Waals surface area contributed by atoms with E-state index in [-0.39, 0.29) is 34.2 Å². The number of hydrogen-bond acceptors (Lipinski definition) is 9. The standard InChI is InChI=1S/C20H16N6O3S3/c21-10-14-18(16-2-1-8-30-16)15(11-22)20(26-19(14)23)31-9-7-17(27)25-12-3-5-13(6-4-12)32(24,28)29/h1-6,8H,7,9H2,(H2,23,26)(H,25,27)(H2,24,28,29). The molecule has 9 nitrogen and oxygen atoms in total. The zero-order valence-electron chi connectivity index (χ0n) is 16.4. The maximum atomic E-state index is 12.2. The van der Waals surface area contributed by atoms with Crippen LogP contribution in [0.25, 0.3) is 10.4 Å². The van der Waals surface area contributed by atoms with Gasteiger partial charge in [0.15, 0.2) is 0 Å². The number of nitriles is 2. The number of nitrogens with two attached hydrogens (primary N) is 2. The Morgan fingerprint density at radius 2 is 1.84 bits per heavy atom. The van der Waals surface area contributed by atoms with Gasteiger partial charge in [-0.25, -0.2) is 18.5 Å².